The third kappa shape index (κ3) is 5.23. The summed E-state index contributed by atoms with van der Waals surface area (Å²) in [4.78, 5) is 0. The average Bonchev–Trinajstić information content (AvgIpc) is 2.62. The van der Waals surface area contributed by atoms with Crippen LogP contribution in [0.5, 0.6) is 11.5 Å². The molecule has 0 fully saturated rings. The predicted octanol–water partition coefficient (Wildman–Crippen LogP) is 4.89. The SMILES string of the molecule is CCOc1ccc(CC(CN)c2ccc(C(C)C)cc2)cc1OCC. The van der Waals surface area contributed by atoms with Crippen LogP contribution in [0.25, 0.3) is 0 Å². The fourth-order valence-corrected chi connectivity index (χ4v) is 3.00. The zero-order valence-electron chi connectivity index (χ0n) is 15.9. The van der Waals surface area contributed by atoms with E-state index in [0.29, 0.717) is 31.6 Å². The van der Waals surface area contributed by atoms with Crippen LogP contribution in [-0.4, -0.2) is 19.8 Å². The highest BCUT2D eigenvalue weighted by Gasteiger charge is 2.13. The van der Waals surface area contributed by atoms with E-state index in [0.717, 1.165) is 17.9 Å². The van der Waals surface area contributed by atoms with Crippen molar-refractivity contribution in [3.8, 4) is 11.5 Å². The molecule has 1 unspecified atom stereocenters. The van der Waals surface area contributed by atoms with Gasteiger partial charge < -0.3 is 15.2 Å². The fraction of sp³-hybridized carbons (Fsp3) is 0.455. The average molecular weight is 341 g/mol. The van der Waals surface area contributed by atoms with Crippen molar-refractivity contribution >= 4 is 0 Å². The van der Waals surface area contributed by atoms with E-state index in [-0.39, 0.29) is 0 Å². The molecule has 3 nitrogen and oxygen atoms in total. The molecule has 0 aliphatic carbocycles. The van der Waals surface area contributed by atoms with Crippen molar-refractivity contribution < 1.29 is 9.47 Å². The molecule has 0 bridgehead atoms. The van der Waals surface area contributed by atoms with E-state index in [2.05, 4.69) is 50.2 Å². The van der Waals surface area contributed by atoms with Crippen LogP contribution in [0.15, 0.2) is 42.5 Å². The standard InChI is InChI=1S/C22H31NO2/c1-5-24-21-12-7-17(14-22(21)25-6-2)13-20(15-23)19-10-8-18(9-11-19)16(3)4/h7-12,14,16,20H,5-6,13,15,23H2,1-4H3. The molecule has 25 heavy (non-hydrogen) atoms. The van der Waals surface area contributed by atoms with Crippen molar-refractivity contribution in [3.05, 3.63) is 59.2 Å². The van der Waals surface area contributed by atoms with Crippen molar-refractivity contribution in [2.75, 3.05) is 19.8 Å². The smallest absolute Gasteiger partial charge is 0.161 e. The van der Waals surface area contributed by atoms with E-state index < -0.39 is 0 Å². The summed E-state index contributed by atoms with van der Waals surface area (Å²) in [5.74, 6) is 2.46. The Bertz CT molecular complexity index is 650. The van der Waals surface area contributed by atoms with Gasteiger partial charge in [0.05, 0.1) is 13.2 Å². The number of nitrogens with two attached hydrogens (primary N) is 1. The normalized spacial score (nSPS) is 12.2. The molecule has 0 aliphatic heterocycles. The molecule has 1 atom stereocenters. The molecule has 0 saturated carbocycles. The lowest BCUT2D eigenvalue weighted by Crippen LogP contribution is -2.15. The van der Waals surface area contributed by atoms with Crippen LogP contribution in [0, 0.1) is 0 Å². The lowest BCUT2D eigenvalue weighted by molar-refractivity contribution is 0.287. The van der Waals surface area contributed by atoms with E-state index in [4.69, 9.17) is 15.2 Å². The minimum Gasteiger partial charge on any atom is -0.490 e. The summed E-state index contributed by atoms with van der Waals surface area (Å²) < 4.78 is 11.4. The maximum absolute atomic E-state index is 6.07. The van der Waals surface area contributed by atoms with E-state index >= 15 is 0 Å². The van der Waals surface area contributed by atoms with Crippen LogP contribution >= 0.6 is 0 Å². The zero-order valence-corrected chi connectivity index (χ0v) is 15.9. The van der Waals surface area contributed by atoms with Gasteiger partial charge in [-0.2, -0.15) is 0 Å². The van der Waals surface area contributed by atoms with Crippen LogP contribution in [0.4, 0.5) is 0 Å². The van der Waals surface area contributed by atoms with Crippen LogP contribution in [0.3, 0.4) is 0 Å². The lowest BCUT2D eigenvalue weighted by atomic mass is 9.90. The van der Waals surface area contributed by atoms with Gasteiger partial charge in [0, 0.05) is 5.92 Å². The van der Waals surface area contributed by atoms with Gasteiger partial charge in [-0.25, -0.2) is 0 Å². The number of rotatable bonds is 9. The maximum atomic E-state index is 6.07. The molecule has 3 heteroatoms. The van der Waals surface area contributed by atoms with Crippen LogP contribution in [-0.2, 0) is 6.42 Å². The number of hydrogen-bond donors (Lipinski definition) is 1. The van der Waals surface area contributed by atoms with Crippen LogP contribution in [0.1, 0.15) is 56.2 Å². The highest BCUT2D eigenvalue weighted by Crippen LogP contribution is 2.31. The Morgan fingerprint density at radius 3 is 2.00 bits per heavy atom. The minimum absolute atomic E-state index is 0.300. The van der Waals surface area contributed by atoms with Crippen molar-refractivity contribution in [1.29, 1.82) is 0 Å². The molecule has 0 saturated heterocycles. The van der Waals surface area contributed by atoms with Crippen LogP contribution in [0.2, 0.25) is 0 Å². The summed E-state index contributed by atoms with van der Waals surface area (Å²) in [6, 6.07) is 15.0. The Morgan fingerprint density at radius 2 is 1.44 bits per heavy atom. The Hall–Kier alpha value is -2.00. The molecule has 2 N–H and O–H groups in total. The molecular formula is C22H31NO2. The monoisotopic (exact) mass is 341 g/mol. The number of hydrogen-bond acceptors (Lipinski definition) is 3. The minimum atomic E-state index is 0.300. The molecular weight excluding hydrogens is 310 g/mol. The molecule has 2 aromatic carbocycles. The first-order valence-corrected chi connectivity index (χ1v) is 9.27. The van der Waals surface area contributed by atoms with Gasteiger partial charge in [-0.05, 0) is 61.6 Å². The Kier molecular flexibility index (Phi) is 7.32. The molecule has 0 aliphatic rings. The summed E-state index contributed by atoms with van der Waals surface area (Å²) in [5, 5.41) is 0. The maximum Gasteiger partial charge on any atom is 0.161 e. The number of benzene rings is 2. The van der Waals surface area contributed by atoms with Crippen molar-refractivity contribution in [2.24, 2.45) is 5.73 Å². The molecule has 0 heterocycles. The van der Waals surface area contributed by atoms with E-state index in [1.54, 1.807) is 0 Å². The molecule has 2 aromatic rings. The highest BCUT2D eigenvalue weighted by molar-refractivity contribution is 5.43. The molecule has 136 valence electrons. The van der Waals surface area contributed by atoms with Gasteiger partial charge in [-0.1, -0.05) is 44.2 Å². The molecule has 0 amide bonds. The lowest BCUT2D eigenvalue weighted by Gasteiger charge is -2.18. The Labute approximate surface area is 152 Å². The molecule has 0 radical (unpaired) electrons. The van der Waals surface area contributed by atoms with Crippen molar-refractivity contribution in [3.63, 3.8) is 0 Å². The van der Waals surface area contributed by atoms with Gasteiger partial charge >= 0.3 is 0 Å². The van der Waals surface area contributed by atoms with E-state index in [9.17, 15) is 0 Å². The highest BCUT2D eigenvalue weighted by atomic mass is 16.5. The van der Waals surface area contributed by atoms with E-state index in [1.807, 2.05) is 19.9 Å². The first-order valence-electron chi connectivity index (χ1n) is 9.27. The van der Waals surface area contributed by atoms with Gasteiger partial charge in [0.25, 0.3) is 0 Å². The second kappa shape index (κ2) is 9.47. The topological polar surface area (TPSA) is 44.5 Å². The number of ether oxygens (including phenoxy) is 2. The third-order valence-corrected chi connectivity index (χ3v) is 4.45. The first-order chi connectivity index (χ1) is 12.1. The van der Waals surface area contributed by atoms with Crippen LogP contribution < -0.4 is 15.2 Å². The van der Waals surface area contributed by atoms with E-state index in [1.165, 1.54) is 16.7 Å². The van der Waals surface area contributed by atoms with Crippen molar-refractivity contribution in [1.82, 2.24) is 0 Å². The summed E-state index contributed by atoms with van der Waals surface area (Å²) in [5.41, 5.74) is 9.94. The summed E-state index contributed by atoms with van der Waals surface area (Å²) in [7, 11) is 0. The first kappa shape index (κ1) is 19.3. The molecule has 2 rings (SSSR count). The Balaban J connectivity index is 2.18. The van der Waals surface area contributed by atoms with Gasteiger partial charge in [0.1, 0.15) is 0 Å². The van der Waals surface area contributed by atoms with Gasteiger partial charge in [0.15, 0.2) is 11.5 Å². The predicted molar refractivity (Wildman–Crippen MR) is 105 cm³/mol. The van der Waals surface area contributed by atoms with Crippen molar-refractivity contribution in [2.45, 2.75) is 46.0 Å². The van der Waals surface area contributed by atoms with Gasteiger partial charge in [-0.3, -0.25) is 0 Å². The summed E-state index contributed by atoms with van der Waals surface area (Å²) >= 11 is 0. The van der Waals surface area contributed by atoms with Gasteiger partial charge in [0.2, 0.25) is 0 Å². The fourth-order valence-electron chi connectivity index (χ4n) is 3.00. The molecule has 0 aromatic heterocycles. The summed E-state index contributed by atoms with van der Waals surface area (Å²) in [6.07, 6.45) is 0.893. The largest absolute Gasteiger partial charge is 0.490 e. The quantitative estimate of drug-likeness (QED) is 0.706. The second-order valence-electron chi connectivity index (χ2n) is 6.61. The molecule has 0 spiro atoms. The third-order valence-electron chi connectivity index (χ3n) is 4.45. The Morgan fingerprint density at radius 1 is 0.840 bits per heavy atom. The zero-order chi connectivity index (χ0) is 18.2. The summed E-state index contributed by atoms with van der Waals surface area (Å²) in [6.45, 7) is 10.3. The second-order valence-corrected chi connectivity index (χ2v) is 6.61. The van der Waals surface area contributed by atoms with Gasteiger partial charge in [-0.15, -0.1) is 0 Å².